The smallest absolute Gasteiger partial charge is 0.193 e. The third-order valence-corrected chi connectivity index (χ3v) is 3.65. The van der Waals surface area contributed by atoms with E-state index >= 15 is 0 Å². The van der Waals surface area contributed by atoms with Gasteiger partial charge in [-0.05, 0) is 26.0 Å². The van der Waals surface area contributed by atoms with Gasteiger partial charge < -0.3 is 10.2 Å². The number of rotatable bonds is 7. The Morgan fingerprint density at radius 1 is 1.23 bits per heavy atom. The number of nitrogens with zero attached hydrogens (tertiary/aromatic N) is 3. The lowest BCUT2D eigenvalue weighted by Gasteiger charge is -2.27. The van der Waals surface area contributed by atoms with Crippen molar-refractivity contribution in [2.75, 3.05) is 33.7 Å². The number of guanidine groups is 1. The van der Waals surface area contributed by atoms with E-state index in [1.165, 1.54) is 5.56 Å². The first kappa shape index (κ1) is 21.2. The lowest BCUT2D eigenvalue weighted by Crippen LogP contribution is -2.43. The maximum Gasteiger partial charge on any atom is 0.193 e. The highest BCUT2D eigenvalue weighted by atomic mass is 127. The minimum Gasteiger partial charge on any atom is -0.355 e. The van der Waals surface area contributed by atoms with Crippen molar-refractivity contribution in [3.63, 3.8) is 0 Å². The van der Waals surface area contributed by atoms with Crippen LogP contribution in [0.1, 0.15) is 26.3 Å². The van der Waals surface area contributed by atoms with E-state index in [1.54, 1.807) is 0 Å². The summed E-state index contributed by atoms with van der Waals surface area (Å²) in [6, 6.07) is 11.0. The van der Waals surface area contributed by atoms with E-state index in [2.05, 4.69) is 72.2 Å². The summed E-state index contributed by atoms with van der Waals surface area (Å²) in [7, 11) is 3.91. The molecule has 0 saturated heterocycles. The van der Waals surface area contributed by atoms with E-state index in [1.807, 2.05) is 13.1 Å². The highest BCUT2D eigenvalue weighted by Gasteiger charge is 2.09. The molecule has 5 heteroatoms. The zero-order valence-electron chi connectivity index (χ0n) is 14.5. The van der Waals surface area contributed by atoms with Crippen LogP contribution in [-0.4, -0.2) is 55.5 Å². The number of hydrogen-bond donors (Lipinski definition) is 1. The van der Waals surface area contributed by atoms with Gasteiger partial charge >= 0.3 is 0 Å². The Morgan fingerprint density at radius 2 is 1.86 bits per heavy atom. The average molecular weight is 418 g/mol. The first-order valence-electron chi connectivity index (χ1n) is 7.78. The van der Waals surface area contributed by atoms with Crippen LogP contribution in [0.4, 0.5) is 0 Å². The summed E-state index contributed by atoms with van der Waals surface area (Å²) in [5.41, 5.74) is 1.29. The molecular weight excluding hydrogens is 387 g/mol. The Bertz CT molecular complexity index is 420. The van der Waals surface area contributed by atoms with Crippen LogP contribution in [0.15, 0.2) is 35.3 Å². The molecule has 0 unspecified atom stereocenters. The van der Waals surface area contributed by atoms with Crippen LogP contribution in [0, 0.1) is 0 Å². The van der Waals surface area contributed by atoms with Crippen molar-refractivity contribution in [3.8, 4) is 0 Å². The molecule has 0 spiro atoms. The molecule has 0 aliphatic rings. The van der Waals surface area contributed by atoms with Crippen molar-refractivity contribution >= 4 is 29.9 Å². The number of aliphatic imine (C=N–C) groups is 1. The minimum atomic E-state index is 0. The molecule has 0 fully saturated rings. The topological polar surface area (TPSA) is 30.9 Å². The van der Waals surface area contributed by atoms with Crippen LogP contribution in [0.3, 0.4) is 0 Å². The maximum atomic E-state index is 4.36. The van der Waals surface area contributed by atoms with Crippen molar-refractivity contribution in [3.05, 3.63) is 35.9 Å². The van der Waals surface area contributed by atoms with Crippen LogP contribution in [0.25, 0.3) is 0 Å². The van der Waals surface area contributed by atoms with Gasteiger partial charge in [-0.3, -0.25) is 9.89 Å². The van der Waals surface area contributed by atoms with E-state index in [-0.39, 0.29) is 24.0 Å². The lowest BCUT2D eigenvalue weighted by atomic mass is 10.2. The molecule has 0 aromatic heterocycles. The number of halogens is 1. The number of nitrogens with one attached hydrogen (secondary N) is 1. The normalized spacial score (nSPS) is 11.5. The summed E-state index contributed by atoms with van der Waals surface area (Å²) >= 11 is 0. The molecule has 1 aromatic carbocycles. The molecule has 0 amide bonds. The molecule has 0 aliphatic carbocycles. The second-order valence-electron chi connectivity index (χ2n) is 5.54. The third-order valence-electron chi connectivity index (χ3n) is 3.65. The SMILES string of the molecule is CCN(CCNC(=NC)N(C)Cc1ccccc1)C(C)C.I. The summed E-state index contributed by atoms with van der Waals surface area (Å²) in [5.74, 6) is 0.943. The molecule has 126 valence electrons. The monoisotopic (exact) mass is 418 g/mol. The number of benzene rings is 1. The van der Waals surface area contributed by atoms with Gasteiger partial charge in [0.2, 0.25) is 0 Å². The van der Waals surface area contributed by atoms with Crippen molar-refractivity contribution in [2.45, 2.75) is 33.4 Å². The number of likely N-dealkylation sites (N-methyl/N-ethyl adjacent to an activating group) is 1. The summed E-state index contributed by atoms with van der Waals surface area (Å²) < 4.78 is 0. The highest BCUT2D eigenvalue weighted by molar-refractivity contribution is 14.0. The fourth-order valence-corrected chi connectivity index (χ4v) is 2.41. The van der Waals surface area contributed by atoms with Crippen LogP contribution >= 0.6 is 24.0 Å². The molecule has 0 aliphatic heterocycles. The molecule has 1 N–H and O–H groups in total. The molecule has 22 heavy (non-hydrogen) atoms. The Hall–Kier alpha value is -0.820. The molecule has 0 atom stereocenters. The molecule has 0 heterocycles. The van der Waals surface area contributed by atoms with Crippen molar-refractivity contribution in [2.24, 2.45) is 4.99 Å². The Morgan fingerprint density at radius 3 is 2.36 bits per heavy atom. The van der Waals surface area contributed by atoms with Gasteiger partial charge in [0.15, 0.2) is 5.96 Å². The zero-order valence-corrected chi connectivity index (χ0v) is 16.9. The fourth-order valence-electron chi connectivity index (χ4n) is 2.41. The predicted octanol–water partition coefficient (Wildman–Crippen LogP) is 3.04. The molecular formula is C17H31IN4. The largest absolute Gasteiger partial charge is 0.355 e. The second kappa shape index (κ2) is 11.7. The number of hydrogen-bond acceptors (Lipinski definition) is 2. The van der Waals surface area contributed by atoms with Gasteiger partial charge in [0.05, 0.1) is 0 Å². The maximum absolute atomic E-state index is 4.36. The summed E-state index contributed by atoms with van der Waals surface area (Å²) in [5, 5.41) is 3.44. The van der Waals surface area contributed by atoms with Crippen molar-refractivity contribution in [1.82, 2.24) is 15.1 Å². The van der Waals surface area contributed by atoms with Crippen LogP contribution in [0.2, 0.25) is 0 Å². The molecule has 0 saturated carbocycles. The molecule has 1 aromatic rings. The Balaban J connectivity index is 0.00000441. The van der Waals surface area contributed by atoms with E-state index in [0.29, 0.717) is 6.04 Å². The zero-order chi connectivity index (χ0) is 15.7. The van der Waals surface area contributed by atoms with Crippen LogP contribution in [-0.2, 0) is 6.54 Å². The first-order valence-corrected chi connectivity index (χ1v) is 7.78. The van der Waals surface area contributed by atoms with Gasteiger partial charge in [-0.2, -0.15) is 0 Å². The summed E-state index contributed by atoms with van der Waals surface area (Å²) in [4.78, 5) is 8.96. The van der Waals surface area contributed by atoms with E-state index < -0.39 is 0 Å². The van der Waals surface area contributed by atoms with Gasteiger partial charge in [-0.25, -0.2) is 0 Å². The van der Waals surface area contributed by atoms with Crippen LogP contribution in [0.5, 0.6) is 0 Å². The Labute approximate surface area is 153 Å². The van der Waals surface area contributed by atoms with Crippen molar-refractivity contribution in [1.29, 1.82) is 0 Å². The summed E-state index contributed by atoms with van der Waals surface area (Å²) in [6.45, 7) is 10.6. The van der Waals surface area contributed by atoms with E-state index in [0.717, 1.165) is 32.1 Å². The van der Waals surface area contributed by atoms with Gasteiger partial charge in [0.25, 0.3) is 0 Å². The summed E-state index contributed by atoms with van der Waals surface area (Å²) in [6.07, 6.45) is 0. The minimum absolute atomic E-state index is 0. The average Bonchev–Trinajstić information content (AvgIpc) is 2.48. The van der Waals surface area contributed by atoms with Gasteiger partial charge in [-0.15, -0.1) is 24.0 Å². The predicted molar refractivity (Wildman–Crippen MR) is 107 cm³/mol. The van der Waals surface area contributed by atoms with Crippen LogP contribution < -0.4 is 5.32 Å². The van der Waals surface area contributed by atoms with Gasteiger partial charge in [0.1, 0.15) is 0 Å². The van der Waals surface area contributed by atoms with Gasteiger partial charge in [0, 0.05) is 39.8 Å². The first-order chi connectivity index (χ1) is 10.1. The van der Waals surface area contributed by atoms with E-state index in [9.17, 15) is 0 Å². The van der Waals surface area contributed by atoms with Crippen molar-refractivity contribution < 1.29 is 0 Å². The quantitative estimate of drug-likeness (QED) is 0.420. The van der Waals surface area contributed by atoms with Gasteiger partial charge in [-0.1, -0.05) is 37.3 Å². The highest BCUT2D eigenvalue weighted by Crippen LogP contribution is 2.02. The molecule has 4 nitrogen and oxygen atoms in total. The van der Waals surface area contributed by atoms with E-state index in [4.69, 9.17) is 0 Å². The third kappa shape index (κ3) is 7.45. The standard InChI is InChI=1S/C17H30N4.HI/c1-6-21(15(2)3)13-12-19-17(18-4)20(5)14-16-10-8-7-9-11-16;/h7-11,15H,6,12-14H2,1-5H3,(H,18,19);1H. The molecule has 1 rings (SSSR count). The molecule has 0 bridgehead atoms. The Kier molecular flexibility index (Phi) is 11.3. The lowest BCUT2D eigenvalue weighted by molar-refractivity contribution is 0.236. The molecule has 0 radical (unpaired) electrons. The fraction of sp³-hybridized carbons (Fsp3) is 0.588. The second-order valence-corrected chi connectivity index (χ2v) is 5.54.